The van der Waals surface area contributed by atoms with Crippen molar-refractivity contribution < 1.29 is 10.2 Å². The highest BCUT2D eigenvalue weighted by molar-refractivity contribution is 6.32. The molecule has 0 fully saturated rings. The van der Waals surface area contributed by atoms with Crippen LogP contribution in [0, 0.1) is 0 Å². The number of nitrogens with zero attached hydrogens (tertiary/aromatic N) is 4. The fourth-order valence-corrected chi connectivity index (χ4v) is 0.542. The van der Waals surface area contributed by atoms with E-state index in [0.29, 0.717) is 0 Å². The fraction of sp³-hybridized carbons (Fsp3) is 0.333. The van der Waals surface area contributed by atoms with Gasteiger partial charge in [-0.3, -0.25) is 0 Å². The van der Waals surface area contributed by atoms with Gasteiger partial charge in [0.05, 0.1) is 12.8 Å². The van der Waals surface area contributed by atoms with Gasteiger partial charge in [0.25, 0.3) is 0 Å². The minimum atomic E-state index is -1.29. The molecule has 0 saturated heterocycles. The highest BCUT2D eigenvalue weighted by Crippen LogP contribution is 1.88. The summed E-state index contributed by atoms with van der Waals surface area (Å²) < 4.78 is 0. The van der Waals surface area contributed by atoms with Crippen LogP contribution in [-0.4, -0.2) is 46.8 Å². The van der Waals surface area contributed by atoms with Crippen LogP contribution in [0.25, 0.3) is 0 Å². The first-order chi connectivity index (χ1) is 7.47. The van der Waals surface area contributed by atoms with Crippen LogP contribution in [0.15, 0.2) is 20.4 Å². The van der Waals surface area contributed by atoms with Crippen molar-refractivity contribution in [2.24, 2.45) is 43.3 Å². The Hall–Kier alpha value is -2.20. The molecular weight excluding hydrogens is 216 g/mol. The molecule has 0 aromatic rings. The predicted molar refractivity (Wildman–Crippen MR) is 60.6 cm³/mol. The number of hydrogen-bond donors (Lipinski definition) is 6. The van der Waals surface area contributed by atoms with Crippen LogP contribution in [0.1, 0.15) is 0 Å². The average molecular weight is 230 g/mol. The maximum Gasteiger partial charge on any atom is 0.211 e. The first kappa shape index (κ1) is 13.8. The SMILES string of the molecule is NC(N)=N/N=C/C(=N\N=C(N)N)C(O)CO. The maximum absolute atomic E-state index is 9.26. The van der Waals surface area contributed by atoms with Gasteiger partial charge in [0.1, 0.15) is 11.8 Å². The topological polar surface area (TPSA) is 194 Å². The van der Waals surface area contributed by atoms with Crippen molar-refractivity contribution in [3.05, 3.63) is 0 Å². The molecule has 0 aromatic heterocycles. The molecule has 0 saturated carbocycles. The Labute approximate surface area is 91.0 Å². The zero-order valence-electron chi connectivity index (χ0n) is 8.35. The summed E-state index contributed by atoms with van der Waals surface area (Å²) in [7, 11) is 0. The van der Waals surface area contributed by atoms with Gasteiger partial charge in [-0.05, 0) is 0 Å². The van der Waals surface area contributed by atoms with Gasteiger partial charge >= 0.3 is 0 Å². The Kier molecular flexibility index (Phi) is 6.16. The van der Waals surface area contributed by atoms with Crippen molar-refractivity contribution in [1.82, 2.24) is 0 Å². The van der Waals surface area contributed by atoms with Crippen LogP contribution in [0.3, 0.4) is 0 Å². The number of rotatable bonds is 5. The summed E-state index contributed by atoms with van der Waals surface area (Å²) >= 11 is 0. The van der Waals surface area contributed by atoms with Crippen molar-refractivity contribution in [3.63, 3.8) is 0 Å². The molecule has 0 rings (SSSR count). The molecule has 10 heteroatoms. The van der Waals surface area contributed by atoms with E-state index in [1.807, 2.05) is 0 Å². The van der Waals surface area contributed by atoms with Gasteiger partial charge in [-0.25, -0.2) is 0 Å². The number of hydrogen-bond acceptors (Lipinski definition) is 6. The van der Waals surface area contributed by atoms with Gasteiger partial charge in [0.15, 0.2) is 0 Å². The predicted octanol–water partition coefficient (Wildman–Crippen LogP) is -3.77. The molecule has 10 N–H and O–H groups in total. The molecule has 16 heavy (non-hydrogen) atoms. The molecule has 0 spiro atoms. The van der Waals surface area contributed by atoms with E-state index in [2.05, 4.69) is 20.4 Å². The summed E-state index contributed by atoms with van der Waals surface area (Å²) in [6.45, 7) is -0.577. The van der Waals surface area contributed by atoms with Gasteiger partial charge in [0, 0.05) is 0 Å². The molecule has 0 radical (unpaired) electrons. The van der Waals surface area contributed by atoms with Gasteiger partial charge in [-0.2, -0.15) is 5.10 Å². The van der Waals surface area contributed by atoms with Crippen molar-refractivity contribution in [1.29, 1.82) is 0 Å². The summed E-state index contributed by atoms with van der Waals surface area (Å²) in [6.07, 6.45) is -0.284. The third-order valence-corrected chi connectivity index (χ3v) is 1.16. The second kappa shape index (κ2) is 7.14. The smallest absolute Gasteiger partial charge is 0.211 e. The van der Waals surface area contributed by atoms with Crippen LogP contribution in [-0.2, 0) is 0 Å². The van der Waals surface area contributed by atoms with Gasteiger partial charge in [-0.15, -0.1) is 15.3 Å². The highest BCUT2D eigenvalue weighted by Gasteiger charge is 2.09. The highest BCUT2D eigenvalue weighted by atomic mass is 16.3. The second-order valence-electron chi connectivity index (χ2n) is 2.52. The normalized spacial score (nSPS) is 13.5. The van der Waals surface area contributed by atoms with Crippen LogP contribution < -0.4 is 22.9 Å². The van der Waals surface area contributed by atoms with Gasteiger partial charge in [-0.1, -0.05) is 0 Å². The number of aliphatic hydroxyl groups is 2. The Morgan fingerprint density at radius 2 is 1.62 bits per heavy atom. The standard InChI is InChI=1S/C6H14N8O2/c7-5(8)13-11-1-3(4(16)2-15)12-14-6(9)10/h1,4,15-16H,2H2,(H4,7,8,13)(H4,9,10,14)/b11-1+,12-3+. The molecular formula is C6H14N8O2. The Morgan fingerprint density at radius 1 is 1.06 bits per heavy atom. The van der Waals surface area contributed by atoms with Crippen LogP contribution in [0.2, 0.25) is 0 Å². The molecule has 0 aliphatic rings. The molecule has 0 amide bonds. The lowest BCUT2D eigenvalue weighted by atomic mass is 10.2. The monoisotopic (exact) mass is 230 g/mol. The lowest BCUT2D eigenvalue weighted by Gasteiger charge is -2.03. The number of guanidine groups is 2. The van der Waals surface area contributed by atoms with Gasteiger partial charge in [0.2, 0.25) is 11.9 Å². The van der Waals surface area contributed by atoms with Crippen molar-refractivity contribution in [2.75, 3.05) is 6.61 Å². The summed E-state index contributed by atoms with van der Waals surface area (Å²) in [4.78, 5) is 0. The summed E-state index contributed by atoms with van der Waals surface area (Å²) in [5, 5.41) is 31.3. The van der Waals surface area contributed by atoms with E-state index in [1.54, 1.807) is 0 Å². The Balaban J connectivity index is 4.82. The quantitative estimate of drug-likeness (QED) is 0.159. The third kappa shape index (κ3) is 6.28. The zero-order chi connectivity index (χ0) is 12.6. The van der Waals surface area contributed by atoms with Crippen LogP contribution in [0.5, 0.6) is 0 Å². The van der Waals surface area contributed by atoms with Crippen molar-refractivity contribution in [2.45, 2.75) is 6.10 Å². The van der Waals surface area contributed by atoms with E-state index in [0.717, 1.165) is 6.21 Å². The first-order valence-electron chi connectivity index (χ1n) is 4.04. The summed E-state index contributed by atoms with van der Waals surface area (Å²) in [6, 6.07) is 0. The lowest BCUT2D eigenvalue weighted by Crippen LogP contribution is -2.27. The molecule has 90 valence electrons. The summed E-state index contributed by atoms with van der Waals surface area (Å²) in [5.74, 6) is -0.575. The van der Waals surface area contributed by atoms with E-state index in [9.17, 15) is 5.11 Å². The van der Waals surface area contributed by atoms with Crippen LogP contribution >= 0.6 is 0 Å². The van der Waals surface area contributed by atoms with E-state index >= 15 is 0 Å². The number of nitrogens with two attached hydrogens (primary N) is 4. The zero-order valence-corrected chi connectivity index (χ0v) is 8.35. The lowest BCUT2D eigenvalue weighted by molar-refractivity contribution is 0.146. The molecule has 1 atom stereocenters. The molecule has 0 aromatic carbocycles. The molecule has 10 nitrogen and oxygen atoms in total. The first-order valence-corrected chi connectivity index (χ1v) is 4.04. The minimum Gasteiger partial charge on any atom is -0.393 e. The molecule has 1 unspecified atom stereocenters. The second-order valence-corrected chi connectivity index (χ2v) is 2.52. The largest absolute Gasteiger partial charge is 0.393 e. The van der Waals surface area contributed by atoms with Crippen molar-refractivity contribution >= 4 is 23.8 Å². The van der Waals surface area contributed by atoms with E-state index in [-0.39, 0.29) is 17.6 Å². The Morgan fingerprint density at radius 3 is 2.06 bits per heavy atom. The van der Waals surface area contributed by atoms with Crippen LogP contribution in [0.4, 0.5) is 0 Å². The van der Waals surface area contributed by atoms with Gasteiger partial charge < -0.3 is 33.1 Å². The minimum absolute atomic E-state index is 0.0964. The molecule has 0 heterocycles. The van der Waals surface area contributed by atoms with E-state index in [1.165, 1.54) is 0 Å². The number of aliphatic hydroxyl groups excluding tert-OH is 2. The summed E-state index contributed by atoms with van der Waals surface area (Å²) in [5.41, 5.74) is 20.0. The van der Waals surface area contributed by atoms with Crippen molar-refractivity contribution in [3.8, 4) is 0 Å². The van der Waals surface area contributed by atoms with E-state index in [4.69, 9.17) is 28.0 Å². The Bertz CT molecular complexity index is 325. The van der Waals surface area contributed by atoms with E-state index < -0.39 is 12.7 Å². The maximum atomic E-state index is 9.26. The molecule has 0 aliphatic heterocycles. The fourth-order valence-electron chi connectivity index (χ4n) is 0.542. The average Bonchev–Trinajstić information content (AvgIpc) is 2.21. The third-order valence-electron chi connectivity index (χ3n) is 1.16. The molecule has 0 bridgehead atoms. The molecule has 0 aliphatic carbocycles.